The number of aromatic nitrogens is 1. The molecule has 19 heavy (non-hydrogen) atoms. The predicted molar refractivity (Wildman–Crippen MR) is 69.2 cm³/mol. The van der Waals surface area contributed by atoms with Gasteiger partial charge in [0.1, 0.15) is 0 Å². The van der Waals surface area contributed by atoms with Crippen LogP contribution < -0.4 is 5.32 Å². The zero-order valence-electron chi connectivity index (χ0n) is 10.5. The highest BCUT2D eigenvalue weighted by Gasteiger charge is 2.30. The van der Waals surface area contributed by atoms with E-state index in [0.717, 1.165) is 28.4 Å². The SMILES string of the molecule is CNC(c1ccc(C(F)(F)F)cc1)c1csc(C)n1. The first-order valence-corrected chi connectivity index (χ1v) is 6.56. The first-order valence-electron chi connectivity index (χ1n) is 5.68. The molecule has 1 aromatic carbocycles. The molecule has 0 amide bonds. The molecular weight excluding hydrogens is 273 g/mol. The molecule has 1 unspecified atom stereocenters. The normalized spacial score (nSPS) is 13.5. The van der Waals surface area contributed by atoms with Crippen LogP contribution in [0.25, 0.3) is 0 Å². The van der Waals surface area contributed by atoms with E-state index in [0.29, 0.717) is 0 Å². The molecule has 102 valence electrons. The number of nitrogens with one attached hydrogen (secondary N) is 1. The van der Waals surface area contributed by atoms with E-state index in [1.807, 2.05) is 12.3 Å². The Balaban J connectivity index is 2.30. The standard InChI is InChI=1S/C13H13F3N2S/c1-8-18-11(7-19-8)12(17-2)9-3-5-10(6-4-9)13(14,15)16/h3-7,12,17H,1-2H3. The third-order valence-corrected chi connectivity index (χ3v) is 3.58. The highest BCUT2D eigenvalue weighted by Crippen LogP contribution is 2.31. The largest absolute Gasteiger partial charge is 0.416 e. The molecule has 1 heterocycles. The van der Waals surface area contributed by atoms with Crippen LogP contribution in [0.2, 0.25) is 0 Å². The van der Waals surface area contributed by atoms with Crippen molar-refractivity contribution in [1.82, 2.24) is 10.3 Å². The summed E-state index contributed by atoms with van der Waals surface area (Å²) in [7, 11) is 1.76. The summed E-state index contributed by atoms with van der Waals surface area (Å²) in [5, 5.41) is 5.91. The van der Waals surface area contributed by atoms with E-state index in [1.54, 1.807) is 7.05 Å². The van der Waals surface area contributed by atoms with Crippen LogP contribution in [0.3, 0.4) is 0 Å². The summed E-state index contributed by atoms with van der Waals surface area (Å²) < 4.78 is 37.5. The van der Waals surface area contributed by atoms with E-state index in [9.17, 15) is 13.2 Å². The van der Waals surface area contributed by atoms with Crippen LogP contribution >= 0.6 is 11.3 Å². The highest BCUT2D eigenvalue weighted by molar-refractivity contribution is 7.09. The van der Waals surface area contributed by atoms with Gasteiger partial charge in [0.15, 0.2) is 0 Å². The molecule has 0 aliphatic carbocycles. The molecule has 0 radical (unpaired) electrons. The summed E-state index contributed by atoms with van der Waals surface area (Å²) in [6.45, 7) is 1.90. The van der Waals surface area contributed by atoms with Crippen molar-refractivity contribution in [3.63, 3.8) is 0 Å². The van der Waals surface area contributed by atoms with E-state index in [1.165, 1.54) is 23.5 Å². The third-order valence-electron chi connectivity index (χ3n) is 2.79. The zero-order valence-corrected chi connectivity index (χ0v) is 11.3. The minimum absolute atomic E-state index is 0.188. The maximum atomic E-state index is 12.5. The minimum atomic E-state index is -4.30. The molecular formula is C13H13F3N2S. The highest BCUT2D eigenvalue weighted by atomic mass is 32.1. The number of thiazole rings is 1. The molecule has 1 N–H and O–H groups in total. The van der Waals surface area contributed by atoms with Crippen LogP contribution in [-0.4, -0.2) is 12.0 Å². The van der Waals surface area contributed by atoms with Crippen molar-refractivity contribution < 1.29 is 13.2 Å². The van der Waals surface area contributed by atoms with Crippen molar-refractivity contribution in [2.75, 3.05) is 7.05 Å². The van der Waals surface area contributed by atoms with Crippen LogP contribution in [0.15, 0.2) is 29.6 Å². The van der Waals surface area contributed by atoms with E-state index in [-0.39, 0.29) is 6.04 Å². The van der Waals surface area contributed by atoms with Gasteiger partial charge in [-0.2, -0.15) is 13.2 Å². The molecule has 1 aromatic heterocycles. The quantitative estimate of drug-likeness (QED) is 0.929. The number of aryl methyl sites for hydroxylation is 1. The molecule has 6 heteroatoms. The topological polar surface area (TPSA) is 24.9 Å². The average molecular weight is 286 g/mol. The Hall–Kier alpha value is -1.40. The van der Waals surface area contributed by atoms with E-state index in [2.05, 4.69) is 10.3 Å². The van der Waals surface area contributed by atoms with E-state index >= 15 is 0 Å². The van der Waals surface area contributed by atoms with Gasteiger partial charge in [0, 0.05) is 5.38 Å². The Labute approximate surface area is 113 Å². The Kier molecular flexibility index (Phi) is 3.91. The lowest BCUT2D eigenvalue weighted by Gasteiger charge is -2.15. The van der Waals surface area contributed by atoms with Gasteiger partial charge in [0.2, 0.25) is 0 Å². The van der Waals surface area contributed by atoms with Gasteiger partial charge in [0.25, 0.3) is 0 Å². The molecule has 0 fully saturated rings. The lowest BCUT2D eigenvalue weighted by atomic mass is 10.0. The fourth-order valence-corrected chi connectivity index (χ4v) is 2.50. The molecule has 2 aromatic rings. The van der Waals surface area contributed by atoms with Crippen LogP contribution in [0.5, 0.6) is 0 Å². The van der Waals surface area contributed by atoms with Crippen molar-refractivity contribution in [2.24, 2.45) is 0 Å². The lowest BCUT2D eigenvalue weighted by molar-refractivity contribution is -0.137. The summed E-state index contributed by atoms with van der Waals surface area (Å²) in [6.07, 6.45) is -4.30. The Bertz CT molecular complexity index is 546. The predicted octanol–water partition coefficient (Wildman–Crippen LogP) is 3.78. The van der Waals surface area contributed by atoms with Gasteiger partial charge in [0.05, 0.1) is 22.3 Å². The monoisotopic (exact) mass is 286 g/mol. The fraction of sp³-hybridized carbons (Fsp3) is 0.308. The summed E-state index contributed by atoms with van der Waals surface area (Å²) in [5.74, 6) is 0. The molecule has 0 aliphatic heterocycles. The number of rotatable bonds is 3. The fourth-order valence-electron chi connectivity index (χ4n) is 1.86. The molecule has 0 spiro atoms. The Morgan fingerprint density at radius 1 is 1.21 bits per heavy atom. The van der Waals surface area contributed by atoms with Crippen molar-refractivity contribution in [3.8, 4) is 0 Å². The van der Waals surface area contributed by atoms with Crippen molar-refractivity contribution in [1.29, 1.82) is 0 Å². The molecule has 2 nitrogen and oxygen atoms in total. The number of benzene rings is 1. The second-order valence-corrected chi connectivity index (χ2v) is 5.20. The van der Waals surface area contributed by atoms with Crippen molar-refractivity contribution in [2.45, 2.75) is 19.1 Å². The van der Waals surface area contributed by atoms with Gasteiger partial charge >= 0.3 is 6.18 Å². The summed E-state index contributed by atoms with van der Waals surface area (Å²) in [6, 6.07) is 4.97. The summed E-state index contributed by atoms with van der Waals surface area (Å²) >= 11 is 1.52. The van der Waals surface area contributed by atoms with Crippen LogP contribution in [0.4, 0.5) is 13.2 Å². The second-order valence-electron chi connectivity index (χ2n) is 4.13. The van der Waals surface area contributed by atoms with Crippen molar-refractivity contribution in [3.05, 3.63) is 51.5 Å². The van der Waals surface area contributed by atoms with Gasteiger partial charge in [-0.3, -0.25) is 0 Å². The number of halogens is 3. The van der Waals surface area contributed by atoms with E-state index < -0.39 is 11.7 Å². The van der Waals surface area contributed by atoms with Crippen LogP contribution in [0, 0.1) is 6.92 Å². The van der Waals surface area contributed by atoms with Crippen molar-refractivity contribution >= 4 is 11.3 Å². The molecule has 0 saturated carbocycles. The van der Waals surface area contributed by atoms with Gasteiger partial charge in [-0.05, 0) is 31.7 Å². The number of hydrogen-bond donors (Lipinski definition) is 1. The molecule has 0 saturated heterocycles. The molecule has 1 atom stereocenters. The third kappa shape index (κ3) is 3.13. The van der Waals surface area contributed by atoms with Crippen LogP contribution in [-0.2, 0) is 6.18 Å². The zero-order chi connectivity index (χ0) is 14.0. The smallest absolute Gasteiger partial charge is 0.308 e. The van der Waals surface area contributed by atoms with Crippen LogP contribution in [0.1, 0.15) is 27.9 Å². The Morgan fingerprint density at radius 3 is 2.26 bits per heavy atom. The number of alkyl halides is 3. The maximum Gasteiger partial charge on any atom is 0.416 e. The molecule has 0 aliphatic rings. The molecule has 0 bridgehead atoms. The van der Waals surface area contributed by atoms with Gasteiger partial charge in [-0.25, -0.2) is 4.98 Å². The molecule has 2 rings (SSSR count). The Morgan fingerprint density at radius 2 is 1.84 bits per heavy atom. The van der Waals surface area contributed by atoms with Gasteiger partial charge in [-0.15, -0.1) is 11.3 Å². The first kappa shape index (κ1) is 14.0. The maximum absolute atomic E-state index is 12.5. The minimum Gasteiger partial charge on any atom is -0.308 e. The number of hydrogen-bond acceptors (Lipinski definition) is 3. The lowest BCUT2D eigenvalue weighted by Crippen LogP contribution is -2.18. The van der Waals surface area contributed by atoms with E-state index in [4.69, 9.17) is 0 Å². The van der Waals surface area contributed by atoms with Gasteiger partial charge < -0.3 is 5.32 Å². The summed E-state index contributed by atoms with van der Waals surface area (Å²) in [4.78, 5) is 4.36. The first-order chi connectivity index (χ1) is 8.91. The average Bonchev–Trinajstić information content (AvgIpc) is 2.76. The number of nitrogens with zero attached hydrogens (tertiary/aromatic N) is 1. The summed E-state index contributed by atoms with van der Waals surface area (Å²) in [5.41, 5.74) is 0.950. The second kappa shape index (κ2) is 5.30. The van der Waals surface area contributed by atoms with Gasteiger partial charge in [-0.1, -0.05) is 12.1 Å².